The van der Waals surface area contributed by atoms with Crippen molar-refractivity contribution in [2.75, 3.05) is 6.54 Å². The van der Waals surface area contributed by atoms with E-state index < -0.39 is 0 Å². The van der Waals surface area contributed by atoms with Gasteiger partial charge in [0.25, 0.3) is 0 Å². The van der Waals surface area contributed by atoms with Crippen molar-refractivity contribution < 1.29 is 4.79 Å². The number of amides is 1. The summed E-state index contributed by atoms with van der Waals surface area (Å²) in [6, 6.07) is 0.226. The lowest BCUT2D eigenvalue weighted by Crippen LogP contribution is -2.31. The fourth-order valence-electron chi connectivity index (χ4n) is 0.525. The smallest absolute Gasteiger partial charge is 0.221 e. The van der Waals surface area contributed by atoms with Crippen molar-refractivity contribution in [1.29, 1.82) is 0 Å². The Morgan fingerprint density at radius 2 is 2.22 bits per heavy atom. The predicted molar refractivity (Wildman–Crippen MR) is 37.0 cm³/mol. The Labute approximate surface area is 55.6 Å². The molecule has 0 fully saturated rings. The summed E-state index contributed by atoms with van der Waals surface area (Å²) in [6.07, 6.45) is 0.429. The zero-order valence-electron chi connectivity index (χ0n) is 5.98. The van der Waals surface area contributed by atoms with Gasteiger partial charge in [-0.1, -0.05) is 0 Å². The number of nitrogens with two attached hydrogens (primary N) is 1. The first-order valence-corrected chi connectivity index (χ1v) is 3.16. The molecule has 1 amide bonds. The molecule has 3 nitrogen and oxygen atoms in total. The van der Waals surface area contributed by atoms with Crippen LogP contribution in [0.1, 0.15) is 20.3 Å². The quantitative estimate of drug-likeness (QED) is 0.558. The number of carbonyl (C=O) groups excluding carboxylic acids is 1. The Morgan fingerprint density at radius 1 is 1.67 bits per heavy atom. The standard InChI is InChI=1S/C6H14N2O/c1-5(2)8-6(9)3-4-7/h5H,3-4,7H2,1-2H3,(H,8,9). The Bertz CT molecular complexity index is 91.1. The highest BCUT2D eigenvalue weighted by atomic mass is 16.1. The molecule has 0 aromatic rings. The van der Waals surface area contributed by atoms with Crippen LogP contribution in [0.4, 0.5) is 0 Å². The highest BCUT2D eigenvalue weighted by Crippen LogP contribution is 1.79. The zero-order chi connectivity index (χ0) is 7.28. The van der Waals surface area contributed by atoms with E-state index in [1.54, 1.807) is 0 Å². The molecule has 0 rings (SSSR count). The first-order chi connectivity index (χ1) is 4.16. The lowest BCUT2D eigenvalue weighted by Gasteiger charge is -2.05. The summed E-state index contributed by atoms with van der Waals surface area (Å²) < 4.78 is 0. The molecule has 0 spiro atoms. The van der Waals surface area contributed by atoms with Crippen LogP contribution in [-0.4, -0.2) is 18.5 Å². The summed E-state index contributed by atoms with van der Waals surface area (Å²) in [5, 5.41) is 2.72. The van der Waals surface area contributed by atoms with Gasteiger partial charge in [-0.2, -0.15) is 0 Å². The molecule has 3 N–H and O–H groups in total. The average molecular weight is 130 g/mol. The molecule has 0 heterocycles. The van der Waals surface area contributed by atoms with Crippen molar-refractivity contribution in [2.24, 2.45) is 5.73 Å². The maximum atomic E-state index is 10.7. The monoisotopic (exact) mass is 130 g/mol. The van der Waals surface area contributed by atoms with Crippen LogP contribution in [0, 0.1) is 0 Å². The Balaban J connectivity index is 3.27. The highest BCUT2D eigenvalue weighted by molar-refractivity contribution is 5.76. The summed E-state index contributed by atoms with van der Waals surface area (Å²) in [5.74, 6) is 0.0347. The molecule has 0 bridgehead atoms. The number of hydrogen-bond acceptors (Lipinski definition) is 2. The molecule has 0 atom stereocenters. The average Bonchev–Trinajstić information content (AvgIpc) is 1.63. The van der Waals surface area contributed by atoms with Gasteiger partial charge >= 0.3 is 0 Å². The molecule has 0 saturated carbocycles. The van der Waals surface area contributed by atoms with E-state index in [0.29, 0.717) is 13.0 Å². The van der Waals surface area contributed by atoms with Gasteiger partial charge in [-0.05, 0) is 13.8 Å². The molecule has 3 heteroatoms. The fourth-order valence-corrected chi connectivity index (χ4v) is 0.525. The van der Waals surface area contributed by atoms with E-state index >= 15 is 0 Å². The van der Waals surface area contributed by atoms with Gasteiger partial charge in [0.1, 0.15) is 0 Å². The molecule has 0 saturated heterocycles. The lowest BCUT2D eigenvalue weighted by atomic mass is 10.3. The van der Waals surface area contributed by atoms with Crippen LogP contribution in [0.25, 0.3) is 0 Å². The Kier molecular flexibility index (Phi) is 4.05. The third-order valence-corrected chi connectivity index (χ3v) is 0.821. The molecule has 0 aliphatic rings. The van der Waals surface area contributed by atoms with Crippen molar-refractivity contribution >= 4 is 5.91 Å². The van der Waals surface area contributed by atoms with Gasteiger partial charge in [-0.25, -0.2) is 0 Å². The molecular weight excluding hydrogens is 116 g/mol. The summed E-state index contributed by atoms with van der Waals surface area (Å²) in [5.41, 5.74) is 5.14. The largest absolute Gasteiger partial charge is 0.354 e. The minimum absolute atomic E-state index is 0.0347. The molecule has 0 aliphatic carbocycles. The van der Waals surface area contributed by atoms with Crippen LogP contribution < -0.4 is 11.1 Å². The van der Waals surface area contributed by atoms with E-state index in [2.05, 4.69) is 5.32 Å². The first kappa shape index (κ1) is 8.43. The SMILES string of the molecule is CC(C)NC(=O)CCN. The second kappa shape index (κ2) is 4.32. The van der Waals surface area contributed by atoms with E-state index in [4.69, 9.17) is 5.73 Å². The van der Waals surface area contributed by atoms with Gasteiger partial charge in [-0.15, -0.1) is 0 Å². The topological polar surface area (TPSA) is 55.1 Å². The van der Waals surface area contributed by atoms with E-state index in [9.17, 15) is 4.79 Å². The normalized spacial score (nSPS) is 9.78. The van der Waals surface area contributed by atoms with Crippen LogP contribution >= 0.6 is 0 Å². The third-order valence-electron chi connectivity index (χ3n) is 0.821. The molecular formula is C6H14N2O. The Morgan fingerprint density at radius 3 is 2.56 bits per heavy atom. The molecule has 0 aromatic heterocycles. The van der Waals surface area contributed by atoms with Crippen LogP contribution in [0.2, 0.25) is 0 Å². The molecule has 0 radical (unpaired) electrons. The van der Waals surface area contributed by atoms with E-state index in [1.807, 2.05) is 13.8 Å². The van der Waals surface area contributed by atoms with Gasteiger partial charge in [-0.3, -0.25) is 4.79 Å². The summed E-state index contributed by atoms with van der Waals surface area (Å²) in [7, 11) is 0. The fraction of sp³-hybridized carbons (Fsp3) is 0.833. The third kappa shape index (κ3) is 5.30. The Hall–Kier alpha value is -0.570. The minimum atomic E-state index is 0.0347. The number of carbonyl (C=O) groups is 1. The second-order valence-electron chi connectivity index (χ2n) is 2.26. The number of nitrogens with one attached hydrogen (secondary N) is 1. The maximum Gasteiger partial charge on any atom is 0.221 e. The van der Waals surface area contributed by atoms with Crippen molar-refractivity contribution in [2.45, 2.75) is 26.3 Å². The van der Waals surface area contributed by atoms with Crippen LogP contribution in [-0.2, 0) is 4.79 Å². The zero-order valence-corrected chi connectivity index (χ0v) is 5.98. The summed E-state index contributed by atoms with van der Waals surface area (Å²) in [4.78, 5) is 10.7. The molecule has 0 aliphatic heterocycles. The summed E-state index contributed by atoms with van der Waals surface area (Å²) >= 11 is 0. The maximum absolute atomic E-state index is 10.7. The minimum Gasteiger partial charge on any atom is -0.354 e. The molecule has 0 unspecified atom stereocenters. The predicted octanol–water partition coefficient (Wildman–Crippen LogP) is -0.140. The van der Waals surface area contributed by atoms with E-state index in [0.717, 1.165) is 0 Å². The first-order valence-electron chi connectivity index (χ1n) is 3.16. The number of hydrogen-bond donors (Lipinski definition) is 2. The molecule has 54 valence electrons. The van der Waals surface area contributed by atoms with E-state index in [-0.39, 0.29) is 11.9 Å². The van der Waals surface area contributed by atoms with Gasteiger partial charge < -0.3 is 11.1 Å². The van der Waals surface area contributed by atoms with Gasteiger partial charge in [0.15, 0.2) is 0 Å². The van der Waals surface area contributed by atoms with Crippen molar-refractivity contribution in [3.8, 4) is 0 Å². The van der Waals surface area contributed by atoms with Gasteiger partial charge in [0.05, 0.1) is 0 Å². The second-order valence-corrected chi connectivity index (χ2v) is 2.26. The van der Waals surface area contributed by atoms with Crippen molar-refractivity contribution in [1.82, 2.24) is 5.32 Å². The molecule has 0 aromatic carbocycles. The van der Waals surface area contributed by atoms with Gasteiger partial charge in [0.2, 0.25) is 5.91 Å². The lowest BCUT2D eigenvalue weighted by molar-refractivity contribution is -0.121. The molecule has 9 heavy (non-hydrogen) atoms. The van der Waals surface area contributed by atoms with Crippen LogP contribution in [0.3, 0.4) is 0 Å². The van der Waals surface area contributed by atoms with Crippen LogP contribution in [0.15, 0.2) is 0 Å². The van der Waals surface area contributed by atoms with Crippen molar-refractivity contribution in [3.05, 3.63) is 0 Å². The van der Waals surface area contributed by atoms with Crippen molar-refractivity contribution in [3.63, 3.8) is 0 Å². The highest BCUT2D eigenvalue weighted by Gasteiger charge is 1.99. The van der Waals surface area contributed by atoms with E-state index in [1.165, 1.54) is 0 Å². The summed E-state index contributed by atoms with van der Waals surface area (Å²) in [6.45, 7) is 4.28. The van der Waals surface area contributed by atoms with Gasteiger partial charge in [0, 0.05) is 19.0 Å². The number of rotatable bonds is 3. The van der Waals surface area contributed by atoms with Crippen LogP contribution in [0.5, 0.6) is 0 Å².